The van der Waals surface area contributed by atoms with E-state index in [0.29, 0.717) is 0 Å². The minimum Gasteiger partial charge on any atom is -0.493 e. The van der Waals surface area contributed by atoms with Gasteiger partial charge in [0.1, 0.15) is 5.75 Å². The van der Waals surface area contributed by atoms with E-state index in [0.717, 1.165) is 31.9 Å². The van der Waals surface area contributed by atoms with Crippen LogP contribution in [0.5, 0.6) is 5.75 Å². The van der Waals surface area contributed by atoms with Crippen molar-refractivity contribution in [2.24, 2.45) is 0 Å². The van der Waals surface area contributed by atoms with Crippen molar-refractivity contribution < 1.29 is 4.74 Å². The van der Waals surface area contributed by atoms with Crippen molar-refractivity contribution in [2.75, 3.05) is 20.2 Å². The van der Waals surface area contributed by atoms with Gasteiger partial charge in [0, 0.05) is 19.5 Å². The second kappa shape index (κ2) is 7.12. The fourth-order valence-electron chi connectivity index (χ4n) is 3.47. The molecule has 2 nitrogen and oxygen atoms in total. The first kappa shape index (κ1) is 15.9. The maximum atomic E-state index is 5.58. The van der Waals surface area contributed by atoms with Crippen LogP contribution in [0.2, 0.25) is 0 Å². The highest BCUT2D eigenvalue weighted by atomic mass is 16.5. The number of rotatable bonds is 5. The summed E-state index contributed by atoms with van der Waals surface area (Å²) in [5, 5.41) is 2.60. The zero-order valence-electron chi connectivity index (χ0n) is 14.6. The van der Waals surface area contributed by atoms with E-state index in [9.17, 15) is 0 Å². The summed E-state index contributed by atoms with van der Waals surface area (Å²) in [6, 6.07) is 21.6. The normalized spacial score (nSPS) is 13.5. The van der Waals surface area contributed by atoms with Crippen LogP contribution in [0.4, 0.5) is 0 Å². The molecule has 2 heteroatoms. The molecule has 3 aromatic carbocycles. The number of hydrogen-bond acceptors (Lipinski definition) is 2. The summed E-state index contributed by atoms with van der Waals surface area (Å²) in [6.45, 7) is 2.70. The van der Waals surface area contributed by atoms with Crippen LogP contribution in [0.3, 0.4) is 0 Å². The summed E-state index contributed by atoms with van der Waals surface area (Å²) in [7, 11) is 2.16. The molecule has 0 saturated carbocycles. The van der Waals surface area contributed by atoms with Gasteiger partial charge in [-0.3, -0.25) is 4.90 Å². The molecule has 0 amide bonds. The van der Waals surface area contributed by atoms with E-state index in [1.54, 1.807) is 0 Å². The molecule has 1 aliphatic heterocycles. The summed E-state index contributed by atoms with van der Waals surface area (Å²) in [5.74, 6) is 1.06. The Morgan fingerprint density at radius 3 is 2.88 bits per heavy atom. The molecule has 126 valence electrons. The van der Waals surface area contributed by atoms with E-state index in [-0.39, 0.29) is 0 Å². The Labute approximate surface area is 149 Å². The Balaban J connectivity index is 1.41. The fraction of sp³-hybridized carbons (Fsp3) is 0.217. The monoisotopic (exact) mass is 329 g/mol. The number of likely N-dealkylation sites (N-methyl/N-ethyl adjacent to an activating group) is 1. The highest BCUT2D eigenvalue weighted by molar-refractivity contribution is 5.90. The molecule has 0 atom stereocenters. The van der Waals surface area contributed by atoms with Gasteiger partial charge in [-0.1, -0.05) is 66.7 Å². The predicted octanol–water partition coefficient (Wildman–Crippen LogP) is 4.92. The van der Waals surface area contributed by atoms with Gasteiger partial charge in [-0.25, -0.2) is 0 Å². The van der Waals surface area contributed by atoms with Crippen LogP contribution in [0, 0.1) is 0 Å². The lowest BCUT2D eigenvalue weighted by molar-refractivity contribution is 0.356. The number of fused-ring (bicyclic) bond motifs is 2. The number of ether oxygens (including phenoxy) is 1. The van der Waals surface area contributed by atoms with Crippen LogP contribution in [0.25, 0.3) is 16.8 Å². The fourth-order valence-corrected chi connectivity index (χ4v) is 3.47. The molecule has 0 unspecified atom stereocenters. The van der Waals surface area contributed by atoms with Gasteiger partial charge in [-0.2, -0.15) is 0 Å². The molecule has 0 aromatic heterocycles. The van der Waals surface area contributed by atoms with Gasteiger partial charge in [0.25, 0.3) is 0 Å². The summed E-state index contributed by atoms with van der Waals surface area (Å²) < 4.78 is 5.58. The molecule has 4 rings (SSSR count). The molecule has 0 radical (unpaired) electrons. The molecule has 0 N–H and O–H groups in total. The smallest absolute Gasteiger partial charge is 0.122 e. The minimum atomic E-state index is 0.822. The van der Waals surface area contributed by atoms with E-state index in [4.69, 9.17) is 4.74 Å². The van der Waals surface area contributed by atoms with Gasteiger partial charge in [0.15, 0.2) is 0 Å². The Hall–Kier alpha value is -2.58. The van der Waals surface area contributed by atoms with Crippen LogP contribution < -0.4 is 4.74 Å². The number of nitrogens with zero attached hydrogens (tertiary/aromatic N) is 1. The Bertz CT molecular complexity index is 908. The average Bonchev–Trinajstić information content (AvgIpc) is 3.10. The predicted molar refractivity (Wildman–Crippen MR) is 105 cm³/mol. The lowest BCUT2D eigenvalue weighted by Gasteiger charge is -2.15. The van der Waals surface area contributed by atoms with Crippen LogP contribution in [-0.4, -0.2) is 25.1 Å². The number of benzene rings is 3. The van der Waals surface area contributed by atoms with Crippen molar-refractivity contribution in [2.45, 2.75) is 13.0 Å². The Morgan fingerprint density at radius 1 is 1.04 bits per heavy atom. The van der Waals surface area contributed by atoms with Crippen LogP contribution in [0.1, 0.15) is 16.7 Å². The molecule has 25 heavy (non-hydrogen) atoms. The van der Waals surface area contributed by atoms with Gasteiger partial charge in [-0.05, 0) is 40.6 Å². The third kappa shape index (κ3) is 3.59. The molecule has 0 bridgehead atoms. The Kier molecular flexibility index (Phi) is 4.53. The third-order valence-corrected chi connectivity index (χ3v) is 4.74. The zero-order chi connectivity index (χ0) is 17.1. The van der Waals surface area contributed by atoms with E-state index >= 15 is 0 Å². The standard InChI is InChI=1S/C23H23NO/c1-24(17-18-11-12-23-21(16-18)13-15-25-23)14-5-9-20-8-4-7-19-6-2-3-10-22(19)20/h2-12,16H,13-15,17H2,1H3. The average molecular weight is 329 g/mol. The van der Waals surface area contributed by atoms with E-state index < -0.39 is 0 Å². The van der Waals surface area contributed by atoms with Crippen LogP contribution in [-0.2, 0) is 13.0 Å². The quantitative estimate of drug-likeness (QED) is 0.659. The number of hydrogen-bond donors (Lipinski definition) is 0. The van der Waals surface area contributed by atoms with Crippen molar-refractivity contribution in [1.82, 2.24) is 4.90 Å². The first-order chi connectivity index (χ1) is 12.3. The second-order valence-electron chi connectivity index (χ2n) is 6.71. The molecule has 0 spiro atoms. The highest BCUT2D eigenvalue weighted by Crippen LogP contribution is 2.26. The molecule has 0 aliphatic carbocycles. The Morgan fingerprint density at radius 2 is 1.92 bits per heavy atom. The van der Waals surface area contributed by atoms with Crippen molar-refractivity contribution >= 4 is 16.8 Å². The van der Waals surface area contributed by atoms with Crippen LogP contribution in [0.15, 0.2) is 66.7 Å². The first-order valence-electron chi connectivity index (χ1n) is 8.87. The zero-order valence-corrected chi connectivity index (χ0v) is 14.6. The summed E-state index contributed by atoms with van der Waals surface area (Å²) in [6.07, 6.45) is 5.52. The second-order valence-corrected chi connectivity index (χ2v) is 6.71. The summed E-state index contributed by atoms with van der Waals surface area (Å²) in [4.78, 5) is 2.33. The lowest BCUT2D eigenvalue weighted by Crippen LogP contribution is -2.17. The summed E-state index contributed by atoms with van der Waals surface area (Å²) in [5.41, 5.74) is 3.98. The maximum absolute atomic E-state index is 5.58. The third-order valence-electron chi connectivity index (χ3n) is 4.74. The molecular formula is C23H23NO. The lowest BCUT2D eigenvalue weighted by atomic mass is 10.0. The van der Waals surface area contributed by atoms with Gasteiger partial charge in [-0.15, -0.1) is 0 Å². The topological polar surface area (TPSA) is 12.5 Å². The minimum absolute atomic E-state index is 0.822. The van der Waals surface area contributed by atoms with Gasteiger partial charge in [0.05, 0.1) is 6.61 Å². The van der Waals surface area contributed by atoms with E-state index in [2.05, 4.69) is 84.8 Å². The van der Waals surface area contributed by atoms with Crippen molar-refractivity contribution in [3.8, 4) is 5.75 Å². The van der Waals surface area contributed by atoms with Crippen LogP contribution >= 0.6 is 0 Å². The van der Waals surface area contributed by atoms with Crippen molar-refractivity contribution in [3.05, 3.63) is 83.4 Å². The van der Waals surface area contributed by atoms with Crippen molar-refractivity contribution in [3.63, 3.8) is 0 Å². The first-order valence-corrected chi connectivity index (χ1v) is 8.87. The molecule has 3 aromatic rings. The molecule has 0 fully saturated rings. The van der Waals surface area contributed by atoms with Crippen molar-refractivity contribution in [1.29, 1.82) is 0 Å². The maximum Gasteiger partial charge on any atom is 0.122 e. The highest BCUT2D eigenvalue weighted by Gasteiger charge is 2.12. The van der Waals surface area contributed by atoms with Gasteiger partial charge in [0.2, 0.25) is 0 Å². The molecular weight excluding hydrogens is 306 g/mol. The van der Waals surface area contributed by atoms with Gasteiger partial charge < -0.3 is 4.74 Å². The largest absolute Gasteiger partial charge is 0.493 e. The molecule has 1 heterocycles. The van der Waals surface area contributed by atoms with Gasteiger partial charge >= 0.3 is 0 Å². The SMILES string of the molecule is CN(CC=Cc1cccc2ccccc12)Cc1ccc2c(c1)CCO2. The van der Waals surface area contributed by atoms with E-state index in [1.807, 2.05) is 0 Å². The molecule has 0 saturated heterocycles. The molecule has 1 aliphatic rings. The summed E-state index contributed by atoms with van der Waals surface area (Å²) >= 11 is 0. The van der Waals surface area contributed by atoms with E-state index in [1.165, 1.54) is 27.5 Å².